The first-order valence-corrected chi connectivity index (χ1v) is 6.52. The van der Waals surface area contributed by atoms with Crippen LogP contribution in [0.3, 0.4) is 0 Å². The van der Waals surface area contributed by atoms with Gasteiger partial charge in [0.25, 0.3) is 0 Å². The van der Waals surface area contributed by atoms with Gasteiger partial charge in [-0.15, -0.1) is 0 Å². The van der Waals surface area contributed by atoms with Crippen molar-refractivity contribution in [3.05, 3.63) is 17.0 Å². The van der Waals surface area contributed by atoms with Crippen LogP contribution in [0.1, 0.15) is 57.6 Å². The summed E-state index contributed by atoms with van der Waals surface area (Å²) < 4.78 is 5.15. The third-order valence-electron chi connectivity index (χ3n) is 3.26. The lowest BCUT2D eigenvalue weighted by Crippen LogP contribution is -2.44. The molecule has 102 valence electrons. The first-order chi connectivity index (χ1) is 8.27. The molecule has 0 spiro atoms. The van der Waals surface area contributed by atoms with Gasteiger partial charge in [-0.1, -0.05) is 5.16 Å². The second kappa shape index (κ2) is 5.55. The predicted molar refractivity (Wildman–Crippen MR) is 71.5 cm³/mol. The molecule has 1 unspecified atom stereocenters. The largest absolute Gasteiger partial charge is 0.361 e. The molecule has 1 atom stereocenters. The molecule has 1 aromatic rings. The number of hydrogen-bond donors (Lipinski definition) is 0. The lowest BCUT2D eigenvalue weighted by atomic mass is 9.97. The number of rotatable bonds is 4. The molecule has 0 saturated heterocycles. The Balaban J connectivity index is 3.03. The smallest absolute Gasteiger partial charge is 0.230 e. The van der Waals surface area contributed by atoms with Gasteiger partial charge in [0.15, 0.2) is 0 Å². The van der Waals surface area contributed by atoms with Gasteiger partial charge in [0.1, 0.15) is 5.76 Å². The summed E-state index contributed by atoms with van der Waals surface area (Å²) >= 11 is 0. The molecule has 0 saturated carbocycles. The first kappa shape index (κ1) is 14.7. The van der Waals surface area contributed by atoms with Gasteiger partial charge in [-0.2, -0.15) is 0 Å². The maximum Gasteiger partial charge on any atom is 0.230 e. The number of amides is 1. The lowest BCUT2D eigenvalue weighted by Gasteiger charge is -2.33. The van der Waals surface area contributed by atoms with E-state index in [1.807, 2.05) is 53.4 Å². The van der Waals surface area contributed by atoms with Crippen LogP contribution in [0.2, 0.25) is 0 Å². The van der Waals surface area contributed by atoms with Gasteiger partial charge in [-0.05, 0) is 48.5 Å². The molecule has 0 bridgehead atoms. The molecule has 0 aliphatic heterocycles. The number of hydrogen-bond acceptors (Lipinski definition) is 3. The zero-order valence-corrected chi connectivity index (χ0v) is 12.4. The van der Waals surface area contributed by atoms with Crippen molar-refractivity contribution in [2.24, 2.45) is 0 Å². The van der Waals surface area contributed by atoms with Crippen LogP contribution in [0.25, 0.3) is 0 Å². The molecule has 18 heavy (non-hydrogen) atoms. The van der Waals surface area contributed by atoms with Crippen molar-refractivity contribution in [1.29, 1.82) is 0 Å². The summed E-state index contributed by atoms with van der Waals surface area (Å²) in [7, 11) is 0. The van der Waals surface area contributed by atoms with Gasteiger partial charge in [-0.3, -0.25) is 4.79 Å². The van der Waals surface area contributed by atoms with E-state index in [4.69, 9.17) is 4.52 Å². The second-order valence-corrected chi connectivity index (χ2v) is 5.39. The van der Waals surface area contributed by atoms with E-state index in [0.29, 0.717) is 0 Å². The minimum atomic E-state index is -0.207. The summed E-state index contributed by atoms with van der Waals surface area (Å²) in [5, 5.41) is 3.92. The maximum absolute atomic E-state index is 12.6. The van der Waals surface area contributed by atoms with E-state index in [-0.39, 0.29) is 23.9 Å². The van der Waals surface area contributed by atoms with Crippen molar-refractivity contribution < 1.29 is 9.32 Å². The topological polar surface area (TPSA) is 46.3 Å². The van der Waals surface area contributed by atoms with Crippen molar-refractivity contribution in [2.75, 3.05) is 0 Å². The molecule has 1 rings (SSSR count). The highest BCUT2D eigenvalue weighted by Crippen LogP contribution is 2.26. The molecule has 1 heterocycles. The molecule has 0 aromatic carbocycles. The van der Waals surface area contributed by atoms with Crippen LogP contribution in [-0.2, 0) is 4.79 Å². The monoisotopic (exact) mass is 252 g/mol. The van der Waals surface area contributed by atoms with E-state index in [2.05, 4.69) is 5.16 Å². The van der Waals surface area contributed by atoms with Gasteiger partial charge >= 0.3 is 0 Å². The Hall–Kier alpha value is -1.32. The summed E-state index contributed by atoms with van der Waals surface area (Å²) in [5.41, 5.74) is 1.73. The normalized spacial score (nSPS) is 13.2. The fourth-order valence-corrected chi connectivity index (χ4v) is 2.56. The average Bonchev–Trinajstić information content (AvgIpc) is 2.56. The fourth-order valence-electron chi connectivity index (χ4n) is 2.56. The summed E-state index contributed by atoms with van der Waals surface area (Å²) in [6.07, 6.45) is 0. The Morgan fingerprint density at radius 2 is 1.61 bits per heavy atom. The highest BCUT2D eigenvalue weighted by molar-refractivity contribution is 5.84. The van der Waals surface area contributed by atoms with Gasteiger partial charge in [-0.25, -0.2) is 0 Å². The molecule has 0 aliphatic carbocycles. The Morgan fingerprint density at radius 3 is 1.94 bits per heavy atom. The second-order valence-electron chi connectivity index (χ2n) is 5.39. The fraction of sp³-hybridized carbons (Fsp3) is 0.714. The highest BCUT2D eigenvalue weighted by Gasteiger charge is 2.29. The number of aromatic nitrogens is 1. The molecule has 0 N–H and O–H groups in total. The zero-order valence-electron chi connectivity index (χ0n) is 12.4. The molecule has 4 nitrogen and oxygen atoms in total. The van der Waals surface area contributed by atoms with Crippen molar-refractivity contribution in [1.82, 2.24) is 10.1 Å². The number of aryl methyl sites for hydroxylation is 2. The van der Waals surface area contributed by atoms with Crippen LogP contribution in [0.5, 0.6) is 0 Å². The quantitative estimate of drug-likeness (QED) is 0.827. The van der Waals surface area contributed by atoms with Crippen LogP contribution in [0, 0.1) is 13.8 Å². The maximum atomic E-state index is 12.6. The van der Waals surface area contributed by atoms with Crippen LogP contribution >= 0.6 is 0 Å². The van der Waals surface area contributed by atoms with Gasteiger partial charge in [0.2, 0.25) is 5.91 Å². The Morgan fingerprint density at radius 1 is 1.11 bits per heavy atom. The zero-order chi connectivity index (χ0) is 14.0. The average molecular weight is 252 g/mol. The van der Waals surface area contributed by atoms with Crippen LogP contribution in [0.4, 0.5) is 0 Å². The molecule has 1 aromatic heterocycles. The Bertz CT molecular complexity index is 394. The SMILES string of the molecule is Cc1noc(C)c1C(C)C(=O)N(C(C)C)C(C)C. The molecule has 1 amide bonds. The summed E-state index contributed by atoms with van der Waals surface area (Å²) in [6, 6.07) is 0.390. The van der Waals surface area contributed by atoms with E-state index in [0.717, 1.165) is 17.0 Å². The molecular formula is C14H24N2O2. The molecule has 4 heteroatoms. The van der Waals surface area contributed by atoms with Crippen molar-refractivity contribution >= 4 is 5.91 Å². The van der Waals surface area contributed by atoms with Gasteiger partial charge in [0.05, 0.1) is 11.6 Å². The predicted octanol–water partition coefficient (Wildman–Crippen LogP) is 3.04. The third-order valence-corrected chi connectivity index (χ3v) is 3.26. The van der Waals surface area contributed by atoms with Crippen molar-refractivity contribution in [3.8, 4) is 0 Å². The van der Waals surface area contributed by atoms with Crippen LogP contribution < -0.4 is 0 Å². The number of carbonyl (C=O) groups is 1. The summed E-state index contributed by atoms with van der Waals surface area (Å²) in [6.45, 7) is 13.8. The van der Waals surface area contributed by atoms with Crippen LogP contribution in [-0.4, -0.2) is 28.0 Å². The van der Waals surface area contributed by atoms with Crippen molar-refractivity contribution in [2.45, 2.75) is 66.5 Å². The Labute approximate surface area is 109 Å². The minimum absolute atomic E-state index is 0.134. The van der Waals surface area contributed by atoms with E-state index in [9.17, 15) is 4.79 Å². The number of nitrogens with zero attached hydrogens (tertiary/aromatic N) is 2. The minimum Gasteiger partial charge on any atom is -0.361 e. The van der Waals surface area contributed by atoms with E-state index >= 15 is 0 Å². The van der Waals surface area contributed by atoms with Crippen LogP contribution in [0.15, 0.2) is 4.52 Å². The summed E-state index contributed by atoms with van der Waals surface area (Å²) in [5.74, 6) is 0.663. The third kappa shape index (κ3) is 2.74. The molecule has 0 radical (unpaired) electrons. The van der Waals surface area contributed by atoms with E-state index in [1.165, 1.54) is 0 Å². The molecule has 0 fully saturated rings. The number of carbonyl (C=O) groups excluding carboxylic acids is 1. The standard InChI is InChI=1S/C14H24N2O2/c1-8(2)16(9(3)4)14(17)10(5)13-11(6)15-18-12(13)7/h8-10H,1-7H3. The van der Waals surface area contributed by atoms with Crippen molar-refractivity contribution in [3.63, 3.8) is 0 Å². The van der Waals surface area contributed by atoms with E-state index < -0.39 is 0 Å². The van der Waals surface area contributed by atoms with Gasteiger partial charge in [0, 0.05) is 17.6 Å². The Kier molecular flexibility index (Phi) is 4.54. The summed E-state index contributed by atoms with van der Waals surface area (Å²) in [4.78, 5) is 14.5. The first-order valence-electron chi connectivity index (χ1n) is 6.52. The van der Waals surface area contributed by atoms with Gasteiger partial charge < -0.3 is 9.42 Å². The molecular weight excluding hydrogens is 228 g/mol. The molecule has 0 aliphatic rings. The lowest BCUT2D eigenvalue weighted by molar-refractivity contribution is -0.136. The highest BCUT2D eigenvalue weighted by atomic mass is 16.5. The van der Waals surface area contributed by atoms with E-state index in [1.54, 1.807) is 0 Å².